The molecule has 1 fully saturated rings. The van der Waals surface area contributed by atoms with Gasteiger partial charge in [-0.2, -0.15) is 0 Å². The third kappa shape index (κ3) is 4.05. The second-order valence-electron chi connectivity index (χ2n) is 6.11. The van der Waals surface area contributed by atoms with Crippen LogP contribution in [-0.4, -0.2) is 30.6 Å². The number of rotatable bonds is 6. The molecular formula is C17H28N2. The van der Waals surface area contributed by atoms with Crippen LogP contribution in [0.2, 0.25) is 0 Å². The van der Waals surface area contributed by atoms with Crippen LogP contribution in [0.25, 0.3) is 0 Å². The van der Waals surface area contributed by atoms with E-state index in [9.17, 15) is 0 Å². The Balaban J connectivity index is 2.02. The van der Waals surface area contributed by atoms with Crippen LogP contribution in [0.15, 0.2) is 30.3 Å². The first-order valence-corrected chi connectivity index (χ1v) is 7.71. The van der Waals surface area contributed by atoms with Gasteiger partial charge in [0.25, 0.3) is 0 Å². The number of benzene rings is 1. The summed E-state index contributed by atoms with van der Waals surface area (Å²) in [6, 6.07) is 12.1. The summed E-state index contributed by atoms with van der Waals surface area (Å²) in [5, 5.41) is 3.72. The molecule has 1 N–H and O–H groups in total. The lowest BCUT2D eigenvalue weighted by molar-refractivity contribution is 0.228. The zero-order valence-corrected chi connectivity index (χ0v) is 12.6. The lowest BCUT2D eigenvalue weighted by Gasteiger charge is -2.30. The maximum absolute atomic E-state index is 3.72. The number of hydrogen-bond donors (Lipinski definition) is 1. The number of hydrogen-bond acceptors (Lipinski definition) is 2. The van der Waals surface area contributed by atoms with Crippen molar-refractivity contribution < 1.29 is 0 Å². The van der Waals surface area contributed by atoms with Gasteiger partial charge in [0.2, 0.25) is 0 Å². The summed E-state index contributed by atoms with van der Waals surface area (Å²) in [7, 11) is 0. The van der Waals surface area contributed by atoms with Crippen LogP contribution in [0.1, 0.15) is 45.2 Å². The van der Waals surface area contributed by atoms with Gasteiger partial charge >= 0.3 is 0 Å². The standard InChI is InChI=1S/C17H28N2/c1-14(2)15(3)18-13-17(19-11-7-8-12-19)16-9-5-4-6-10-16/h4-6,9-10,14-15,17-18H,7-8,11-13H2,1-3H3. The molecule has 2 rings (SSSR count). The van der Waals surface area contributed by atoms with E-state index < -0.39 is 0 Å². The van der Waals surface area contributed by atoms with Gasteiger partial charge in [-0.05, 0) is 44.3 Å². The maximum Gasteiger partial charge on any atom is 0.0472 e. The number of nitrogens with zero attached hydrogens (tertiary/aromatic N) is 1. The fourth-order valence-electron chi connectivity index (χ4n) is 2.72. The molecule has 106 valence electrons. The summed E-state index contributed by atoms with van der Waals surface area (Å²) in [4.78, 5) is 2.63. The summed E-state index contributed by atoms with van der Waals surface area (Å²) in [5.74, 6) is 0.690. The molecule has 1 aromatic rings. The SMILES string of the molecule is CC(C)C(C)NCC(c1ccccc1)N1CCCC1. The summed E-state index contributed by atoms with van der Waals surface area (Å²) >= 11 is 0. The minimum Gasteiger partial charge on any atom is -0.312 e. The minimum absolute atomic E-state index is 0.532. The average Bonchev–Trinajstić information content (AvgIpc) is 2.94. The van der Waals surface area contributed by atoms with Crippen molar-refractivity contribution in [2.45, 2.75) is 45.7 Å². The molecule has 0 spiro atoms. The zero-order chi connectivity index (χ0) is 13.7. The van der Waals surface area contributed by atoms with Gasteiger partial charge in [0.1, 0.15) is 0 Å². The van der Waals surface area contributed by atoms with E-state index in [0.29, 0.717) is 18.0 Å². The van der Waals surface area contributed by atoms with Crippen molar-refractivity contribution in [1.29, 1.82) is 0 Å². The largest absolute Gasteiger partial charge is 0.312 e. The van der Waals surface area contributed by atoms with Crippen molar-refractivity contribution in [3.8, 4) is 0 Å². The predicted molar refractivity (Wildman–Crippen MR) is 82.3 cm³/mol. The highest BCUT2D eigenvalue weighted by molar-refractivity contribution is 5.19. The van der Waals surface area contributed by atoms with Crippen LogP contribution in [0.4, 0.5) is 0 Å². The van der Waals surface area contributed by atoms with Crippen LogP contribution in [0, 0.1) is 5.92 Å². The van der Waals surface area contributed by atoms with E-state index in [-0.39, 0.29) is 0 Å². The van der Waals surface area contributed by atoms with Gasteiger partial charge in [-0.3, -0.25) is 4.90 Å². The molecule has 0 aromatic heterocycles. The van der Waals surface area contributed by atoms with Crippen molar-refractivity contribution in [2.75, 3.05) is 19.6 Å². The minimum atomic E-state index is 0.532. The maximum atomic E-state index is 3.72. The average molecular weight is 260 g/mol. The molecule has 1 aliphatic heterocycles. The molecule has 0 amide bonds. The van der Waals surface area contributed by atoms with Crippen molar-refractivity contribution in [2.24, 2.45) is 5.92 Å². The molecule has 0 radical (unpaired) electrons. The monoisotopic (exact) mass is 260 g/mol. The normalized spacial score (nSPS) is 19.8. The molecule has 2 unspecified atom stereocenters. The summed E-state index contributed by atoms with van der Waals surface area (Å²) in [6.07, 6.45) is 2.70. The van der Waals surface area contributed by atoms with Gasteiger partial charge in [0, 0.05) is 18.6 Å². The lowest BCUT2D eigenvalue weighted by atomic mass is 10.0. The van der Waals surface area contributed by atoms with Gasteiger partial charge in [-0.25, -0.2) is 0 Å². The second-order valence-corrected chi connectivity index (χ2v) is 6.11. The van der Waals surface area contributed by atoms with E-state index in [0.717, 1.165) is 6.54 Å². The molecule has 1 aromatic carbocycles. The van der Waals surface area contributed by atoms with Crippen LogP contribution in [-0.2, 0) is 0 Å². The predicted octanol–water partition coefficient (Wildman–Crippen LogP) is 3.46. The Bertz CT molecular complexity index is 355. The van der Waals surface area contributed by atoms with Gasteiger partial charge < -0.3 is 5.32 Å². The van der Waals surface area contributed by atoms with Crippen molar-refractivity contribution in [3.05, 3.63) is 35.9 Å². The molecule has 19 heavy (non-hydrogen) atoms. The first-order valence-electron chi connectivity index (χ1n) is 7.71. The Hall–Kier alpha value is -0.860. The van der Waals surface area contributed by atoms with Gasteiger partial charge in [-0.15, -0.1) is 0 Å². The summed E-state index contributed by atoms with van der Waals surface area (Å²) < 4.78 is 0. The Morgan fingerprint density at radius 2 is 1.68 bits per heavy atom. The highest BCUT2D eigenvalue weighted by Crippen LogP contribution is 2.24. The quantitative estimate of drug-likeness (QED) is 0.842. The van der Waals surface area contributed by atoms with E-state index >= 15 is 0 Å². The molecule has 1 aliphatic rings. The second kappa shape index (κ2) is 7.06. The molecule has 2 heteroatoms. The van der Waals surface area contributed by atoms with Gasteiger partial charge in [-0.1, -0.05) is 44.2 Å². The van der Waals surface area contributed by atoms with E-state index in [1.54, 1.807) is 0 Å². The highest BCUT2D eigenvalue weighted by atomic mass is 15.2. The van der Waals surface area contributed by atoms with Crippen LogP contribution in [0.3, 0.4) is 0 Å². The van der Waals surface area contributed by atoms with Crippen LogP contribution in [0.5, 0.6) is 0 Å². The van der Waals surface area contributed by atoms with E-state index in [2.05, 4.69) is 61.3 Å². The fourth-order valence-corrected chi connectivity index (χ4v) is 2.72. The Kier molecular flexibility index (Phi) is 5.41. The fraction of sp³-hybridized carbons (Fsp3) is 0.647. The van der Waals surface area contributed by atoms with Crippen molar-refractivity contribution >= 4 is 0 Å². The van der Waals surface area contributed by atoms with Crippen molar-refractivity contribution in [1.82, 2.24) is 10.2 Å². The Morgan fingerprint density at radius 1 is 1.05 bits per heavy atom. The smallest absolute Gasteiger partial charge is 0.0472 e. The summed E-state index contributed by atoms with van der Waals surface area (Å²) in [6.45, 7) is 10.4. The number of nitrogens with one attached hydrogen (secondary N) is 1. The molecular weight excluding hydrogens is 232 g/mol. The zero-order valence-electron chi connectivity index (χ0n) is 12.6. The topological polar surface area (TPSA) is 15.3 Å². The Labute approximate surface area is 118 Å². The van der Waals surface area contributed by atoms with E-state index in [1.165, 1.54) is 31.5 Å². The molecule has 1 saturated heterocycles. The molecule has 2 nitrogen and oxygen atoms in total. The third-order valence-corrected chi connectivity index (χ3v) is 4.40. The van der Waals surface area contributed by atoms with Crippen molar-refractivity contribution in [3.63, 3.8) is 0 Å². The van der Waals surface area contributed by atoms with Gasteiger partial charge in [0.05, 0.1) is 0 Å². The lowest BCUT2D eigenvalue weighted by Crippen LogP contribution is -2.39. The first-order chi connectivity index (χ1) is 9.18. The molecule has 0 aliphatic carbocycles. The Morgan fingerprint density at radius 3 is 2.26 bits per heavy atom. The van der Waals surface area contributed by atoms with Gasteiger partial charge in [0.15, 0.2) is 0 Å². The van der Waals surface area contributed by atoms with Crippen LogP contribution < -0.4 is 5.32 Å². The van der Waals surface area contributed by atoms with E-state index in [4.69, 9.17) is 0 Å². The molecule has 1 heterocycles. The number of likely N-dealkylation sites (tertiary alicyclic amines) is 1. The highest BCUT2D eigenvalue weighted by Gasteiger charge is 2.23. The third-order valence-electron chi connectivity index (χ3n) is 4.40. The molecule has 0 saturated carbocycles. The molecule has 2 atom stereocenters. The first kappa shape index (κ1) is 14.5. The summed E-state index contributed by atoms with van der Waals surface area (Å²) in [5.41, 5.74) is 1.45. The molecule has 0 bridgehead atoms. The van der Waals surface area contributed by atoms with Crippen LogP contribution >= 0.6 is 0 Å². The van der Waals surface area contributed by atoms with E-state index in [1.807, 2.05) is 0 Å².